The van der Waals surface area contributed by atoms with Crippen molar-refractivity contribution in [3.05, 3.63) is 107 Å². The Morgan fingerprint density at radius 1 is 0.564 bits per heavy atom. The lowest BCUT2D eigenvalue weighted by Gasteiger charge is -2.47. The molecular formula is C33H36N4O2. The Balaban J connectivity index is 1.53. The van der Waals surface area contributed by atoms with Gasteiger partial charge in [-0.3, -0.25) is 0 Å². The minimum atomic E-state index is -1.09. The molecule has 0 amide bonds. The van der Waals surface area contributed by atoms with Crippen LogP contribution in [-0.4, -0.2) is 5.66 Å². The summed E-state index contributed by atoms with van der Waals surface area (Å²) in [5.41, 5.74) is 29.9. The lowest BCUT2D eigenvalue weighted by atomic mass is 9.64. The molecule has 6 nitrogen and oxygen atoms in total. The van der Waals surface area contributed by atoms with E-state index in [4.69, 9.17) is 32.4 Å². The van der Waals surface area contributed by atoms with Crippen molar-refractivity contribution in [3.8, 4) is 23.0 Å². The predicted octanol–water partition coefficient (Wildman–Crippen LogP) is 6.31. The van der Waals surface area contributed by atoms with E-state index in [1.807, 2.05) is 60.7 Å². The number of fused-ring (bicyclic) bond motifs is 4. The first kappa shape index (κ1) is 25.3. The van der Waals surface area contributed by atoms with Gasteiger partial charge in [0.05, 0.1) is 11.1 Å². The summed E-state index contributed by atoms with van der Waals surface area (Å²) >= 11 is 0. The lowest BCUT2D eigenvalue weighted by molar-refractivity contribution is 0.177. The van der Waals surface area contributed by atoms with Crippen molar-refractivity contribution in [2.45, 2.75) is 56.0 Å². The minimum Gasteiger partial charge on any atom is -0.457 e. The molecule has 2 aliphatic carbocycles. The Morgan fingerprint density at radius 2 is 1.03 bits per heavy atom. The van der Waals surface area contributed by atoms with Gasteiger partial charge in [-0.15, -0.1) is 0 Å². The highest BCUT2D eigenvalue weighted by Gasteiger charge is 2.68. The van der Waals surface area contributed by atoms with Crippen molar-refractivity contribution in [3.63, 3.8) is 0 Å². The van der Waals surface area contributed by atoms with Crippen LogP contribution in [0, 0.1) is 0 Å². The molecule has 200 valence electrons. The number of ether oxygens (including phenoxy) is 2. The van der Waals surface area contributed by atoms with Gasteiger partial charge >= 0.3 is 0 Å². The summed E-state index contributed by atoms with van der Waals surface area (Å²) < 4.78 is 12.6. The molecule has 1 spiro atoms. The molecule has 0 aromatic heterocycles. The number of benzene rings is 4. The lowest BCUT2D eigenvalue weighted by Crippen LogP contribution is -2.70. The van der Waals surface area contributed by atoms with E-state index in [-0.39, 0.29) is 5.41 Å². The summed E-state index contributed by atoms with van der Waals surface area (Å²) in [6.45, 7) is 8.79. The summed E-state index contributed by atoms with van der Waals surface area (Å²) in [4.78, 5) is 0. The monoisotopic (exact) mass is 520 g/mol. The van der Waals surface area contributed by atoms with Crippen LogP contribution in [0.1, 0.15) is 56.4 Å². The molecule has 4 aromatic carbocycles. The second-order valence-corrected chi connectivity index (χ2v) is 12.2. The minimum absolute atomic E-state index is 0.169. The van der Waals surface area contributed by atoms with E-state index < -0.39 is 16.5 Å². The zero-order chi connectivity index (χ0) is 27.8. The first-order valence-corrected chi connectivity index (χ1v) is 13.3. The molecular weight excluding hydrogens is 484 g/mol. The van der Waals surface area contributed by atoms with Gasteiger partial charge in [-0.1, -0.05) is 52.0 Å². The first-order chi connectivity index (χ1) is 18.3. The average Bonchev–Trinajstić information content (AvgIpc) is 3.17. The molecule has 0 fully saturated rings. The van der Waals surface area contributed by atoms with E-state index in [1.165, 1.54) is 5.56 Å². The summed E-state index contributed by atoms with van der Waals surface area (Å²) in [7, 11) is 0. The molecule has 1 unspecified atom stereocenters. The van der Waals surface area contributed by atoms with Crippen LogP contribution in [0.4, 0.5) is 11.4 Å². The van der Waals surface area contributed by atoms with Gasteiger partial charge in [0.15, 0.2) is 0 Å². The largest absolute Gasteiger partial charge is 0.457 e. The van der Waals surface area contributed by atoms with E-state index in [9.17, 15) is 0 Å². The second kappa shape index (κ2) is 8.25. The van der Waals surface area contributed by atoms with Crippen LogP contribution in [0.3, 0.4) is 0 Å². The molecule has 6 rings (SSSR count). The molecule has 0 bridgehead atoms. The number of nitrogen functional groups attached to an aromatic ring is 2. The number of nitrogens with two attached hydrogens (primary N) is 4. The standard InChI is InChI=1S/C33H36N4O2/c1-30(2)19-32(28-17-24(11-13-26(28)30)38-22-9-5-7-20(34)15-22)29-18-25(39-23-10-6-8-21(35)16-23)12-14-27(29)31(3,4)33(32,36)37/h5-18H,19,34-37H2,1-4H3. The summed E-state index contributed by atoms with van der Waals surface area (Å²) in [6.07, 6.45) is 0.752. The highest BCUT2D eigenvalue weighted by Crippen LogP contribution is 2.65. The third-order valence-corrected chi connectivity index (χ3v) is 8.94. The third kappa shape index (κ3) is 3.63. The fourth-order valence-electron chi connectivity index (χ4n) is 6.89. The predicted molar refractivity (Wildman–Crippen MR) is 157 cm³/mol. The Kier molecular flexibility index (Phi) is 5.35. The van der Waals surface area contributed by atoms with Crippen molar-refractivity contribution < 1.29 is 9.47 Å². The van der Waals surface area contributed by atoms with Crippen LogP contribution in [-0.2, 0) is 16.2 Å². The van der Waals surface area contributed by atoms with E-state index >= 15 is 0 Å². The van der Waals surface area contributed by atoms with E-state index in [0.717, 1.165) is 23.1 Å². The molecule has 8 N–H and O–H groups in total. The number of hydrogen-bond donors (Lipinski definition) is 4. The van der Waals surface area contributed by atoms with Crippen molar-refractivity contribution in [2.75, 3.05) is 11.5 Å². The van der Waals surface area contributed by atoms with Gasteiger partial charge in [0, 0.05) is 28.9 Å². The van der Waals surface area contributed by atoms with Crippen LogP contribution >= 0.6 is 0 Å². The maximum atomic E-state index is 7.29. The highest BCUT2D eigenvalue weighted by molar-refractivity contribution is 5.66. The molecule has 1 atom stereocenters. The zero-order valence-corrected chi connectivity index (χ0v) is 22.9. The third-order valence-electron chi connectivity index (χ3n) is 8.94. The molecule has 2 aliphatic rings. The van der Waals surface area contributed by atoms with Crippen LogP contribution in [0.2, 0.25) is 0 Å². The van der Waals surface area contributed by atoms with Gasteiger partial charge in [0.2, 0.25) is 0 Å². The average molecular weight is 521 g/mol. The van der Waals surface area contributed by atoms with Crippen molar-refractivity contribution in [1.29, 1.82) is 0 Å². The van der Waals surface area contributed by atoms with Crippen LogP contribution in [0.5, 0.6) is 23.0 Å². The molecule has 0 aliphatic heterocycles. The fourth-order valence-corrected chi connectivity index (χ4v) is 6.89. The van der Waals surface area contributed by atoms with Crippen molar-refractivity contribution >= 4 is 11.4 Å². The van der Waals surface area contributed by atoms with Crippen LogP contribution < -0.4 is 32.4 Å². The first-order valence-electron chi connectivity index (χ1n) is 13.3. The quantitative estimate of drug-likeness (QED) is 0.185. The van der Waals surface area contributed by atoms with Gasteiger partial charge < -0.3 is 32.4 Å². The van der Waals surface area contributed by atoms with E-state index in [1.54, 1.807) is 0 Å². The van der Waals surface area contributed by atoms with Gasteiger partial charge in [-0.2, -0.15) is 0 Å². The second-order valence-electron chi connectivity index (χ2n) is 12.2. The Morgan fingerprint density at radius 3 is 1.54 bits per heavy atom. The van der Waals surface area contributed by atoms with Crippen LogP contribution in [0.25, 0.3) is 0 Å². The van der Waals surface area contributed by atoms with Gasteiger partial charge in [-0.25, -0.2) is 0 Å². The SMILES string of the molecule is CC1(C)CC2(c3cc(Oc4cccc(N)c4)ccc31)c1cc(Oc3cccc(N)c3)ccc1C(C)(C)C2(N)N. The molecule has 0 saturated heterocycles. The fraction of sp³-hybridized carbons (Fsp3) is 0.273. The molecule has 0 radical (unpaired) electrons. The number of hydrogen-bond acceptors (Lipinski definition) is 6. The summed E-state index contributed by atoms with van der Waals surface area (Å²) in [6, 6.07) is 27.3. The van der Waals surface area contributed by atoms with Crippen molar-refractivity contribution in [1.82, 2.24) is 0 Å². The molecule has 4 aromatic rings. The summed E-state index contributed by atoms with van der Waals surface area (Å²) in [5, 5.41) is 0. The maximum Gasteiger partial charge on any atom is 0.129 e. The van der Waals surface area contributed by atoms with E-state index in [2.05, 4.69) is 52.0 Å². The molecule has 6 heteroatoms. The smallest absolute Gasteiger partial charge is 0.129 e. The Bertz CT molecular complexity index is 1550. The van der Waals surface area contributed by atoms with Crippen molar-refractivity contribution in [2.24, 2.45) is 11.5 Å². The Hall–Kier alpha value is -4.00. The number of anilines is 2. The zero-order valence-electron chi connectivity index (χ0n) is 22.9. The molecule has 39 heavy (non-hydrogen) atoms. The molecule has 0 heterocycles. The topological polar surface area (TPSA) is 123 Å². The van der Waals surface area contributed by atoms with E-state index in [0.29, 0.717) is 34.4 Å². The van der Waals surface area contributed by atoms with Gasteiger partial charge in [-0.05, 0) is 82.6 Å². The van der Waals surface area contributed by atoms with Crippen LogP contribution in [0.15, 0.2) is 84.9 Å². The number of rotatable bonds is 4. The molecule has 0 saturated carbocycles. The van der Waals surface area contributed by atoms with Gasteiger partial charge in [0.25, 0.3) is 0 Å². The normalized spacial score (nSPS) is 21.4. The highest BCUT2D eigenvalue weighted by atomic mass is 16.5. The van der Waals surface area contributed by atoms with Gasteiger partial charge in [0.1, 0.15) is 23.0 Å². The maximum absolute atomic E-state index is 7.29. The Labute approximate surface area is 229 Å². The summed E-state index contributed by atoms with van der Waals surface area (Å²) in [5.74, 6) is 2.78.